The summed E-state index contributed by atoms with van der Waals surface area (Å²) in [5.74, 6) is -0.560. The minimum absolute atomic E-state index is 0.0584. The number of aliphatic carboxylic acids is 1. The SMILES string of the molecule is O=C(O)[C@@H]1C[C@@H](O)CN1c1ccnc(Cl)n1. The zero-order chi connectivity index (χ0) is 11.7. The first-order chi connectivity index (χ1) is 7.58. The third kappa shape index (κ3) is 2.07. The van der Waals surface area contributed by atoms with Crippen LogP contribution >= 0.6 is 11.6 Å². The molecule has 2 heterocycles. The third-order valence-corrected chi connectivity index (χ3v) is 2.65. The highest BCUT2D eigenvalue weighted by molar-refractivity contribution is 6.28. The molecule has 1 saturated heterocycles. The van der Waals surface area contributed by atoms with Crippen molar-refractivity contribution in [2.75, 3.05) is 11.4 Å². The average molecular weight is 244 g/mol. The maximum atomic E-state index is 11.0. The molecule has 0 aliphatic carbocycles. The highest BCUT2D eigenvalue weighted by Gasteiger charge is 2.36. The van der Waals surface area contributed by atoms with E-state index in [0.717, 1.165) is 0 Å². The molecule has 0 amide bonds. The van der Waals surface area contributed by atoms with Gasteiger partial charge in [-0.15, -0.1) is 0 Å². The van der Waals surface area contributed by atoms with Gasteiger partial charge in [0.2, 0.25) is 5.28 Å². The number of hydrogen-bond acceptors (Lipinski definition) is 5. The highest BCUT2D eigenvalue weighted by atomic mass is 35.5. The number of carboxylic acid groups (broad SMARTS) is 1. The fourth-order valence-corrected chi connectivity index (χ4v) is 1.93. The molecule has 0 bridgehead atoms. The number of nitrogens with zero attached hydrogens (tertiary/aromatic N) is 3. The Morgan fingerprint density at radius 3 is 3.00 bits per heavy atom. The van der Waals surface area contributed by atoms with Crippen molar-refractivity contribution >= 4 is 23.4 Å². The van der Waals surface area contributed by atoms with Crippen molar-refractivity contribution in [3.05, 3.63) is 17.5 Å². The van der Waals surface area contributed by atoms with E-state index in [-0.39, 0.29) is 18.2 Å². The lowest BCUT2D eigenvalue weighted by Gasteiger charge is -2.21. The van der Waals surface area contributed by atoms with Gasteiger partial charge in [0.15, 0.2) is 0 Å². The molecule has 16 heavy (non-hydrogen) atoms. The number of β-amino-alcohol motifs (C(OH)–C–C–N with tert-alkyl or cyclic N) is 1. The van der Waals surface area contributed by atoms with Crippen LogP contribution in [0.3, 0.4) is 0 Å². The van der Waals surface area contributed by atoms with Crippen molar-refractivity contribution in [2.45, 2.75) is 18.6 Å². The molecule has 1 aliphatic heterocycles. The fourth-order valence-electron chi connectivity index (χ4n) is 1.79. The van der Waals surface area contributed by atoms with Crippen molar-refractivity contribution < 1.29 is 15.0 Å². The van der Waals surface area contributed by atoms with E-state index in [1.165, 1.54) is 11.1 Å². The number of anilines is 1. The molecule has 0 radical (unpaired) electrons. The van der Waals surface area contributed by atoms with Crippen molar-refractivity contribution in [3.63, 3.8) is 0 Å². The number of halogens is 1. The van der Waals surface area contributed by atoms with Gasteiger partial charge in [-0.05, 0) is 17.7 Å². The van der Waals surface area contributed by atoms with E-state index < -0.39 is 18.1 Å². The van der Waals surface area contributed by atoms with Gasteiger partial charge in [-0.25, -0.2) is 14.8 Å². The number of rotatable bonds is 2. The van der Waals surface area contributed by atoms with Gasteiger partial charge in [0.25, 0.3) is 0 Å². The Morgan fingerprint density at radius 1 is 1.62 bits per heavy atom. The van der Waals surface area contributed by atoms with Gasteiger partial charge in [0.1, 0.15) is 11.9 Å². The van der Waals surface area contributed by atoms with Crippen LogP contribution in [0, 0.1) is 0 Å². The first kappa shape index (κ1) is 11.1. The molecule has 0 spiro atoms. The van der Waals surface area contributed by atoms with Crippen molar-refractivity contribution in [2.24, 2.45) is 0 Å². The molecule has 2 rings (SSSR count). The van der Waals surface area contributed by atoms with Crippen LogP contribution in [0.5, 0.6) is 0 Å². The normalized spacial score (nSPS) is 24.8. The standard InChI is InChI=1S/C9H10ClN3O3/c10-9-11-2-1-7(12-9)13-4-5(14)3-6(13)8(15)16/h1-2,5-6,14H,3-4H2,(H,15,16)/t5-,6+/m1/s1. The number of hydrogen-bond donors (Lipinski definition) is 2. The molecular weight excluding hydrogens is 234 g/mol. The van der Waals surface area contributed by atoms with Gasteiger partial charge in [0, 0.05) is 19.2 Å². The Bertz CT molecular complexity index is 415. The monoisotopic (exact) mass is 243 g/mol. The molecule has 2 N–H and O–H groups in total. The summed E-state index contributed by atoms with van der Waals surface area (Å²) in [6.45, 7) is 0.240. The fraction of sp³-hybridized carbons (Fsp3) is 0.444. The number of carboxylic acids is 1. The maximum Gasteiger partial charge on any atom is 0.326 e. The topological polar surface area (TPSA) is 86.5 Å². The summed E-state index contributed by atoms with van der Waals surface area (Å²) in [6, 6.07) is 0.806. The highest BCUT2D eigenvalue weighted by Crippen LogP contribution is 2.24. The lowest BCUT2D eigenvalue weighted by atomic mass is 10.2. The van der Waals surface area contributed by atoms with E-state index >= 15 is 0 Å². The Morgan fingerprint density at radius 2 is 2.38 bits per heavy atom. The molecule has 7 heteroatoms. The van der Waals surface area contributed by atoms with Gasteiger partial charge in [-0.1, -0.05) is 0 Å². The van der Waals surface area contributed by atoms with Crippen molar-refractivity contribution in [1.29, 1.82) is 0 Å². The molecule has 1 fully saturated rings. The summed E-state index contributed by atoms with van der Waals surface area (Å²) in [5.41, 5.74) is 0. The van der Waals surface area contributed by atoms with E-state index in [1.807, 2.05) is 0 Å². The van der Waals surface area contributed by atoms with E-state index in [4.69, 9.17) is 16.7 Å². The lowest BCUT2D eigenvalue weighted by Crippen LogP contribution is -2.36. The van der Waals surface area contributed by atoms with Gasteiger partial charge in [-0.2, -0.15) is 0 Å². The quantitative estimate of drug-likeness (QED) is 0.720. The van der Waals surface area contributed by atoms with Crippen LogP contribution in [0.4, 0.5) is 5.82 Å². The zero-order valence-electron chi connectivity index (χ0n) is 8.25. The molecule has 1 aromatic rings. The van der Waals surface area contributed by atoms with Gasteiger partial charge in [0.05, 0.1) is 6.10 Å². The summed E-state index contributed by atoms with van der Waals surface area (Å²) in [5, 5.41) is 18.5. The molecule has 0 unspecified atom stereocenters. The minimum Gasteiger partial charge on any atom is -0.480 e. The number of aliphatic hydroxyl groups is 1. The Kier molecular flexibility index (Phi) is 2.93. The van der Waals surface area contributed by atoms with E-state index in [0.29, 0.717) is 5.82 Å². The molecule has 0 saturated carbocycles. The summed E-state index contributed by atoms with van der Waals surface area (Å²) in [6.07, 6.45) is 0.987. The second kappa shape index (κ2) is 4.23. The first-order valence-corrected chi connectivity index (χ1v) is 5.12. The summed E-state index contributed by atoms with van der Waals surface area (Å²) in [7, 11) is 0. The summed E-state index contributed by atoms with van der Waals surface area (Å²) < 4.78 is 0. The lowest BCUT2D eigenvalue weighted by molar-refractivity contribution is -0.138. The first-order valence-electron chi connectivity index (χ1n) is 4.74. The maximum absolute atomic E-state index is 11.0. The Labute approximate surface area is 96.5 Å². The minimum atomic E-state index is -0.980. The molecule has 1 aromatic heterocycles. The van der Waals surface area contributed by atoms with Crippen LogP contribution in [0.1, 0.15) is 6.42 Å². The molecule has 6 nitrogen and oxygen atoms in total. The number of carbonyl (C=O) groups is 1. The van der Waals surface area contributed by atoms with Gasteiger partial charge >= 0.3 is 5.97 Å². The van der Waals surface area contributed by atoms with Crippen molar-refractivity contribution in [1.82, 2.24) is 9.97 Å². The smallest absolute Gasteiger partial charge is 0.326 e. The number of aromatic nitrogens is 2. The van der Waals surface area contributed by atoms with E-state index in [2.05, 4.69) is 9.97 Å². The molecular formula is C9H10ClN3O3. The van der Waals surface area contributed by atoms with E-state index in [9.17, 15) is 9.90 Å². The summed E-state index contributed by atoms with van der Waals surface area (Å²) in [4.78, 5) is 20.1. The van der Waals surface area contributed by atoms with Crippen LogP contribution < -0.4 is 4.90 Å². The molecule has 0 aromatic carbocycles. The van der Waals surface area contributed by atoms with Crippen LogP contribution in [-0.4, -0.2) is 44.8 Å². The molecule has 2 atom stereocenters. The van der Waals surface area contributed by atoms with Crippen LogP contribution in [0.15, 0.2) is 12.3 Å². The zero-order valence-corrected chi connectivity index (χ0v) is 9.00. The predicted octanol–water partition coefficient (Wildman–Crippen LogP) is 0.154. The van der Waals surface area contributed by atoms with Gasteiger partial charge < -0.3 is 15.1 Å². The largest absolute Gasteiger partial charge is 0.480 e. The Hall–Kier alpha value is -1.40. The van der Waals surface area contributed by atoms with Crippen LogP contribution in [0.25, 0.3) is 0 Å². The number of aliphatic hydroxyl groups excluding tert-OH is 1. The average Bonchev–Trinajstić information content (AvgIpc) is 2.60. The van der Waals surface area contributed by atoms with Crippen LogP contribution in [-0.2, 0) is 4.79 Å². The second-order valence-electron chi connectivity index (χ2n) is 3.58. The Balaban J connectivity index is 2.28. The predicted molar refractivity (Wildman–Crippen MR) is 56.4 cm³/mol. The second-order valence-corrected chi connectivity index (χ2v) is 3.92. The molecule has 1 aliphatic rings. The molecule has 86 valence electrons. The van der Waals surface area contributed by atoms with Crippen LogP contribution in [0.2, 0.25) is 5.28 Å². The van der Waals surface area contributed by atoms with Gasteiger partial charge in [-0.3, -0.25) is 0 Å². The third-order valence-electron chi connectivity index (χ3n) is 2.47. The van der Waals surface area contributed by atoms with E-state index in [1.54, 1.807) is 6.07 Å². The summed E-state index contributed by atoms with van der Waals surface area (Å²) >= 11 is 5.63. The van der Waals surface area contributed by atoms with Crippen molar-refractivity contribution in [3.8, 4) is 0 Å².